The van der Waals surface area contributed by atoms with Crippen LogP contribution in [0.4, 0.5) is 0 Å². The monoisotopic (exact) mass is 348 g/mol. The summed E-state index contributed by atoms with van der Waals surface area (Å²) in [5, 5.41) is 9.91. The molecular formula is C18H24N2O5. The number of carbonyl (C=O) groups is 1. The quantitative estimate of drug-likeness (QED) is 0.846. The van der Waals surface area contributed by atoms with Crippen molar-refractivity contribution >= 4 is 16.9 Å². The lowest BCUT2D eigenvalue weighted by Crippen LogP contribution is -2.53. The van der Waals surface area contributed by atoms with Crippen LogP contribution in [0.25, 0.3) is 11.0 Å². The highest BCUT2D eigenvalue weighted by atomic mass is 16.5. The molecule has 1 atom stereocenters. The normalized spacial score (nSPS) is 18.1. The minimum absolute atomic E-state index is 0.0760. The lowest BCUT2D eigenvalue weighted by molar-refractivity contribution is -0.0122. The van der Waals surface area contributed by atoms with Crippen molar-refractivity contribution in [2.45, 2.75) is 6.04 Å². The van der Waals surface area contributed by atoms with Crippen LogP contribution in [0.1, 0.15) is 10.6 Å². The van der Waals surface area contributed by atoms with E-state index >= 15 is 0 Å². The van der Waals surface area contributed by atoms with Crippen molar-refractivity contribution in [1.82, 2.24) is 9.80 Å². The van der Waals surface area contributed by atoms with Crippen LogP contribution < -0.4 is 4.74 Å². The van der Waals surface area contributed by atoms with Gasteiger partial charge in [-0.05, 0) is 19.2 Å². The molecule has 0 unspecified atom stereocenters. The molecule has 3 rings (SSSR count). The Balaban J connectivity index is 1.82. The predicted octanol–water partition coefficient (Wildman–Crippen LogP) is 1.21. The largest absolute Gasteiger partial charge is 0.493 e. The molecule has 1 aromatic carbocycles. The van der Waals surface area contributed by atoms with Crippen LogP contribution in [-0.4, -0.2) is 80.5 Å². The summed E-state index contributed by atoms with van der Waals surface area (Å²) in [6, 6.07) is 7.25. The fraction of sp³-hybridized carbons (Fsp3) is 0.500. The highest BCUT2D eigenvalue weighted by Crippen LogP contribution is 2.29. The number of para-hydroxylation sites is 1. The van der Waals surface area contributed by atoms with Gasteiger partial charge in [0.1, 0.15) is 0 Å². The minimum Gasteiger partial charge on any atom is -0.493 e. The van der Waals surface area contributed by atoms with Gasteiger partial charge in [-0.3, -0.25) is 4.79 Å². The molecule has 1 aromatic heterocycles. The van der Waals surface area contributed by atoms with Crippen molar-refractivity contribution in [3.05, 3.63) is 30.0 Å². The topological polar surface area (TPSA) is 75.4 Å². The third kappa shape index (κ3) is 3.78. The molecule has 1 aliphatic rings. The average Bonchev–Trinajstić information content (AvgIpc) is 3.06. The Morgan fingerprint density at radius 2 is 2.32 bits per heavy atom. The van der Waals surface area contributed by atoms with Gasteiger partial charge in [-0.25, -0.2) is 0 Å². The fourth-order valence-corrected chi connectivity index (χ4v) is 3.14. The first kappa shape index (κ1) is 17.7. The zero-order valence-electron chi connectivity index (χ0n) is 14.6. The Hall–Kier alpha value is -2.09. The van der Waals surface area contributed by atoms with Gasteiger partial charge in [0.2, 0.25) is 0 Å². The lowest BCUT2D eigenvalue weighted by atomic mass is 10.2. The number of ether oxygens (including phenoxy) is 2. The number of aliphatic hydroxyl groups is 1. The summed E-state index contributed by atoms with van der Waals surface area (Å²) in [6.07, 6.45) is 0. The summed E-state index contributed by atoms with van der Waals surface area (Å²) in [5.41, 5.74) is 0.579. The van der Waals surface area contributed by atoms with Crippen molar-refractivity contribution in [3.63, 3.8) is 0 Å². The number of rotatable bonds is 6. The number of morpholine rings is 1. The van der Waals surface area contributed by atoms with Crippen molar-refractivity contribution in [3.8, 4) is 5.75 Å². The second-order valence-corrected chi connectivity index (χ2v) is 6.20. The Kier molecular flexibility index (Phi) is 5.57. The predicted molar refractivity (Wildman–Crippen MR) is 93.0 cm³/mol. The first-order valence-corrected chi connectivity index (χ1v) is 8.38. The van der Waals surface area contributed by atoms with E-state index in [4.69, 9.17) is 19.0 Å². The molecule has 1 amide bonds. The molecule has 0 aliphatic carbocycles. The Bertz CT molecular complexity index is 729. The number of carbonyl (C=O) groups excluding carboxylic acids is 1. The van der Waals surface area contributed by atoms with Gasteiger partial charge in [-0.1, -0.05) is 12.1 Å². The maximum Gasteiger partial charge on any atom is 0.290 e. The first-order chi connectivity index (χ1) is 12.1. The molecule has 1 N–H and O–H groups in total. The summed E-state index contributed by atoms with van der Waals surface area (Å²) in [6.45, 7) is 2.78. The van der Waals surface area contributed by atoms with Gasteiger partial charge in [-0.2, -0.15) is 0 Å². The van der Waals surface area contributed by atoms with Crippen molar-refractivity contribution in [1.29, 1.82) is 0 Å². The number of hydrogen-bond acceptors (Lipinski definition) is 6. The standard InChI is InChI=1S/C18H24N2O5/c1-19(6-8-21)11-14-12-24-9-7-20(14)18(22)16-10-13-4-3-5-15(23-2)17(13)25-16/h3-5,10,14,21H,6-9,11-12H2,1-2H3/t14-/m1/s1. The zero-order chi connectivity index (χ0) is 17.8. The molecule has 1 fully saturated rings. The second-order valence-electron chi connectivity index (χ2n) is 6.20. The molecule has 7 heteroatoms. The van der Waals surface area contributed by atoms with E-state index < -0.39 is 0 Å². The number of amides is 1. The van der Waals surface area contributed by atoms with Gasteiger partial charge in [-0.15, -0.1) is 0 Å². The third-order valence-electron chi connectivity index (χ3n) is 4.43. The smallest absolute Gasteiger partial charge is 0.290 e. The van der Waals surface area contributed by atoms with Crippen molar-refractivity contribution in [2.24, 2.45) is 0 Å². The van der Waals surface area contributed by atoms with Crippen LogP contribution in [0, 0.1) is 0 Å². The van der Waals surface area contributed by atoms with Gasteiger partial charge in [0, 0.05) is 25.0 Å². The van der Waals surface area contributed by atoms with Crippen LogP contribution in [-0.2, 0) is 4.74 Å². The number of aliphatic hydroxyl groups excluding tert-OH is 1. The van der Waals surface area contributed by atoms with Crippen LogP contribution >= 0.6 is 0 Å². The van der Waals surface area contributed by atoms with Crippen LogP contribution in [0.3, 0.4) is 0 Å². The van der Waals surface area contributed by atoms with Crippen LogP contribution in [0.5, 0.6) is 5.75 Å². The molecule has 2 aromatic rings. The van der Waals surface area contributed by atoms with E-state index in [1.165, 1.54) is 0 Å². The van der Waals surface area contributed by atoms with E-state index in [2.05, 4.69) is 0 Å². The number of likely N-dealkylation sites (N-methyl/N-ethyl adjacent to an activating group) is 1. The van der Waals surface area contributed by atoms with E-state index in [1.54, 1.807) is 18.1 Å². The number of methoxy groups -OCH3 is 1. The number of hydrogen-bond donors (Lipinski definition) is 1. The molecular weight excluding hydrogens is 324 g/mol. The van der Waals surface area contributed by atoms with E-state index in [0.29, 0.717) is 49.9 Å². The number of fused-ring (bicyclic) bond motifs is 1. The maximum atomic E-state index is 13.0. The van der Waals surface area contributed by atoms with E-state index in [-0.39, 0.29) is 18.6 Å². The summed E-state index contributed by atoms with van der Waals surface area (Å²) in [7, 11) is 3.49. The number of furan rings is 1. The summed E-state index contributed by atoms with van der Waals surface area (Å²) in [5.74, 6) is 0.762. The average molecular weight is 348 g/mol. The van der Waals surface area contributed by atoms with Gasteiger partial charge < -0.3 is 28.8 Å². The van der Waals surface area contributed by atoms with Gasteiger partial charge in [0.15, 0.2) is 17.1 Å². The number of nitrogens with zero attached hydrogens (tertiary/aromatic N) is 2. The van der Waals surface area contributed by atoms with Gasteiger partial charge in [0.25, 0.3) is 5.91 Å². The Labute approximate surface area is 146 Å². The molecule has 0 spiro atoms. The molecule has 2 heterocycles. The number of benzene rings is 1. The lowest BCUT2D eigenvalue weighted by Gasteiger charge is -2.37. The molecule has 0 saturated carbocycles. The van der Waals surface area contributed by atoms with E-state index in [1.807, 2.05) is 30.1 Å². The molecule has 0 bridgehead atoms. The third-order valence-corrected chi connectivity index (χ3v) is 4.43. The van der Waals surface area contributed by atoms with E-state index in [0.717, 1.165) is 5.39 Å². The molecule has 0 radical (unpaired) electrons. The maximum absolute atomic E-state index is 13.0. The van der Waals surface area contributed by atoms with Gasteiger partial charge >= 0.3 is 0 Å². The highest BCUT2D eigenvalue weighted by Gasteiger charge is 2.31. The Morgan fingerprint density at radius 1 is 1.48 bits per heavy atom. The van der Waals surface area contributed by atoms with Crippen LogP contribution in [0.2, 0.25) is 0 Å². The summed E-state index contributed by atoms with van der Waals surface area (Å²) >= 11 is 0. The summed E-state index contributed by atoms with van der Waals surface area (Å²) < 4.78 is 16.6. The fourth-order valence-electron chi connectivity index (χ4n) is 3.14. The molecule has 1 aliphatic heterocycles. The van der Waals surface area contributed by atoms with E-state index in [9.17, 15) is 4.79 Å². The zero-order valence-corrected chi connectivity index (χ0v) is 14.6. The Morgan fingerprint density at radius 3 is 3.08 bits per heavy atom. The molecule has 136 valence electrons. The SMILES string of the molecule is COc1cccc2cc(C(=O)N3CCOC[C@H]3CN(C)CCO)oc12. The molecule has 7 nitrogen and oxygen atoms in total. The molecule has 1 saturated heterocycles. The summed E-state index contributed by atoms with van der Waals surface area (Å²) in [4.78, 5) is 16.8. The van der Waals surface area contributed by atoms with Crippen molar-refractivity contribution < 1.29 is 23.8 Å². The van der Waals surface area contributed by atoms with Crippen LogP contribution in [0.15, 0.2) is 28.7 Å². The molecule has 25 heavy (non-hydrogen) atoms. The highest BCUT2D eigenvalue weighted by molar-refractivity contribution is 5.97. The first-order valence-electron chi connectivity index (χ1n) is 8.38. The van der Waals surface area contributed by atoms with Crippen molar-refractivity contribution in [2.75, 3.05) is 53.6 Å². The van der Waals surface area contributed by atoms with Gasteiger partial charge in [0.05, 0.1) is 33.0 Å². The minimum atomic E-state index is -0.149. The second kappa shape index (κ2) is 7.86.